The van der Waals surface area contributed by atoms with E-state index in [1.165, 1.54) is 24.8 Å². The number of hydrogen-bond acceptors (Lipinski definition) is 4. The van der Waals surface area contributed by atoms with E-state index in [9.17, 15) is 4.79 Å². The van der Waals surface area contributed by atoms with Crippen LogP contribution in [0.3, 0.4) is 0 Å². The van der Waals surface area contributed by atoms with Gasteiger partial charge in [-0.2, -0.15) is 14.7 Å². The third-order valence-corrected chi connectivity index (χ3v) is 4.54. The summed E-state index contributed by atoms with van der Waals surface area (Å²) in [7, 11) is 0. The van der Waals surface area contributed by atoms with Crippen LogP contribution in [0.15, 0.2) is 30.5 Å². The first-order valence-corrected chi connectivity index (χ1v) is 8.55. The number of nitrogens with zero attached hydrogens (tertiary/aromatic N) is 2. The highest BCUT2D eigenvalue weighted by atomic mass is 35.5. The van der Waals surface area contributed by atoms with Crippen LogP contribution in [-0.4, -0.2) is 27.9 Å². The van der Waals surface area contributed by atoms with Crippen LogP contribution in [0.4, 0.5) is 0 Å². The monoisotopic (exact) mass is 361 g/mol. The molecule has 0 bridgehead atoms. The van der Waals surface area contributed by atoms with E-state index in [0.29, 0.717) is 10.7 Å². The molecule has 0 aliphatic heterocycles. The summed E-state index contributed by atoms with van der Waals surface area (Å²) in [6.07, 6.45) is 7.52. The van der Waals surface area contributed by atoms with Gasteiger partial charge in [-0.15, -0.1) is 0 Å². The molecule has 25 heavy (non-hydrogen) atoms. The molecule has 0 unspecified atom stereocenters. The zero-order chi connectivity index (χ0) is 18.2. The Labute approximate surface area is 151 Å². The predicted octanol–water partition coefficient (Wildman–Crippen LogP) is 3.31. The molecule has 1 aliphatic carbocycles. The molecule has 1 amide bonds. The first-order chi connectivity index (χ1) is 12.1. The summed E-state index contributed by atoms with van der Waals surface area (Å²) in [6, 6.07) is 8.14. The van der Waals surface area contributed by atoms with Gasteiger partial charge < -0.3 is 5.32 Å². The second kappa shape index (κ2) is 9.16. The van der Waals surface area contributed by atoms with Crippen LogP contribution in [0.1, 0.15) is 48.0 Å². The van der Waals surface area contributed by atoms with Gasteiger partial charge in [0, 0.05) is 6.04 Å². The fraction of sp³-hybridized carbons (Fsp3) is 0.389. The largest absolute Gasteiger partial charge is 0.373 e. The minimum absolute atomic E-state index is 0.129. The Hall–Kier alpha value is -2.43. The van der Waals surface area contributed by atoms with E-state index in [0.717, 1.165) is 18.5 Å². The van der Waals surface area contributed by atoms with Crippen LogP contribution in [0, 0.1) is 6.92 Å². The normalized spacial score (nSPS) is 14.2. The predicted molar refractivity (Wildman–Crippen MR) is 92.7 cm³/mol. The third-order valence-electron chi connectivity index (χ3n) is 4.17. The van der Waals surface area contributed by atoms with E-state index in [1.807, 2.05) is 31.2 Å². The molecule has 1 aromatic heterocycles. The summed E-state index contributed by atoms with van der Waals surface area (Å²) in [5.41, 5.74) is 2.46. The first-order valence-electron chi connectivity index (χ1n) is 8.17. The lowest BCUT2D eigenvalue weighted by Gasteiger charge is -2.22. The van der Waals surface area contributed by atoms with Crippen molar-refractivity contribution in [2.45, 2.75) is 45.1 Å². The first kappa shape index (κ1) is 18.9. The van der Waals surface area contributed by atoms with E-state index in [4.69, 9.17) is 21.2 Å². The lowest BCUT2D eigenvalue weighted by Crippen LogP contribution is -2.36. The zero-order valence-corrected chi connectivity index (χ0v) is 14.8. The van der Waals surface area contributed by atoms with Gasteiger partial charge >= 0.3 is 6.15 Å². The van der Waals surface area contributed by atoms with Crippen LogP contribution in [0.25, 0.3) is 5.69 Å². The Morgan fingerprint density at radius 3 is 2.40 bits per heavy atom. The number of nitrogens with one attached hydrogen (secondary N) is 1. The average molecular weight is 362 g/mol. The SMILES string of the molecule is Cc1ccc(-n2ncc(C(=O)NC3CCCCC3)c2Cl)cc1.O=C=O. The van der Waals surface area contributed by atoms with Crippen LogP contribution >= 0.6 is 11.6 Å². The number of rotatable bonds is 3. The lowest BCUT2D eigenvalue weighted by atomic mass is 9.95. The van der Waals surface area contributed by atoms with Crippen molar-refractivity contribution in [1.29, 1.82) is 0 Å². The maximum Gasteiger partial charge on any atom is 0.373 e. The van der Waals surface area contributed by atoms with Crippen molar-refractivity contribution in [2.75, 3.05) is 0 Å². The molecule has 1 heterocycles. The average Bonchev–Trinajstić information content (AvgIpc) is 2.99. The Bertz CT molecular complexity index is 743. The highest BCUT2D eigenvalue weighted by Gasteiger charge is 2.21. The van der Waals surface area contributed by atoms with E-state index < -0.39 is 0 Å². The summed E-state index contributed by atoms with van der Waals surface area (Å²) in [4.78, 5) is 28.6. The third kappa shape index (κ3) is 5.02. The number of aryl methyl sites for hydroxylation is 1. The highest BCUT2D eigenvalue weighted by molar-refractivity contribution is 6.33. The molecule has 1 aliphatic rings. The summed E-state index contributed by atoms with van der Waals surface area (Å²) in [5, 5.41) is 7.69. The van der Waals surface area contributed by atoms with Crippen LogP contribution < -0.4 is 5.32 Å². The number of hydrogen-bond donors (Lipinski definition) is 1. The van der Waals surface area contributed by atoms with Gasteiger partial charge in [0.2, 0.25) is 0 Å². The molecule has 1 fully saturated rings. The van der Waals surface area contributed by atoms with E-state index in [-0.39, 0.29) is 18.1 Å². The Balaban J connectivity index is 0.000000701. The van der Waals surface area contributed by atoms with Crippen molar-refractivity contribution in [1.82, 2.24) is 15.1 Å². The zero-order valence-electron chi connectivity index (χ0n) is 14.0. The number of amides is 1. The van der Waals surface area contributed by atoms with Gasteiger partial charge in [0.1, 0.15) is 5.15 Å². The molecule has 1 N–H and O–H groups in total. The summed E-state index contributed by atoms with van der Waals surface area (Å²) >= 11 is 6.35. The number of aromatic nitrogens is 2. The summed E-state index contributed by atoms with van der Waals surface area (Å²) in [6.45, 7) is 2.03. The lowest BCUT2D eigenvalue weighted by molar-refractivity contribution is -0.191. The van der Waals surface area contributed by atoms with Crippen molar-refractivity contribution >= 4 is 23.7 Å². The molecule has 7 heteroatoms. The molecule has 6 nitrogen and oxygen atoms in total. The van der Waals surface area contributed by atoms with Gasteiger partial charge in [-0.1, -0.05) is 48.6 Å². The minimum Gasteiger partial charge on any atom is -0.349 e. The van der Waals surface area contributed by atoms with Gasteiger partial charge in [-0.3, -0.25) is 4.79 Å². The van der Waals surface area contributed by atoms with Gasteiger partial charge in [0.05, 0.1) is 17.4 Å². The van der Waals surface area contributed by atoms with Gasteiger partial charge in [-0.25, -0.2) is 4.68 Å². The molecule has 2 aromatic rings. The van der Waals surface area contributed by atoms with E-state index >= 15 is 0 Å². The smallest absolute Gasteiger partial charge is 0.349 e. The molecule has 0 atom stereocenters. The molecular formula is C18H20ClN3O3. The maximum absolute atomic E-state index is 12.4. The van der Waals surface area contributed by atoms with Gasteiger partial charge in [0.15, 0.2) is 0 Å². The molecular weight excluding hydrogens is 342 g/mol. The van der Waals surface area contributed by atoms with Gasteiger partial charge in [-0.05, 0) is 31.9 Å². The summed E-state index contributed by atoms with van der Waals surface area (Å²) in [5.74, 6) is -0.129. The second-order valence-corrected chi connectivity index (χ2v) is 6.35. The highest BCUT2D eigenvalue weighted by Crippen LogP contribution is 2.22. The number of benzene rings is 1. The molecule has 0 radical (unpaired) electrons. The van der Waals surface area contributed by atoms with Crippen molar-refractivity contribution in [2.24, 2.45) is 0 Å². The van der Waals surface area contributed by atoms with E-state index in [1.54, 1.807) is 10.9 Å². The number of carbonyl (C=O) groups is 1. The van der Waals surface area contributed by atoms with Crippen LogP contribution in [0.5, 0.6) is 0 Å². The standard InChI is InChI=1S/C17H20ClN3O.CO2/c1-12-7-9-14(10-8-12)21-16(18)15(11-19-21)17(22)20-13-5-3-2-4-6-13;2-1-3/h7-11,13H,2-6H2,1H3,(H,20,22);. The maximum atomic E-state index is 12.4. The van der Waals surface area contributed by atoms with E-state index in [2.05, 4.69) is 10.4 Å². The van der Waals surface area contributed by atoms with Crippen molar-refractivity contribution in [3.63, 3.8) is 0 Å². The Morgan fingerprint density at radius 2 is 1.80 bits per heavy atom. The number of halogens is 1. The van der Waals surface area contributed by atoms with Crippen LogP contribution in [0.2, 0.25) is 5.15 Å². The fourth-order valence-electron chi connectivity index (χ4n) is 2.86. The fourth-order valence-corrected chi connectivity index (χ4v) is 3.14. The molecule has 0 saturated heterocycles. The number of carbonyl (C=O) groups excluding carboxylic acids is 3. The molecule has 1 aromatic carbocycles. The Morgan fingerprint density at radius 1 is 1.20 bits per heavy atom. The minimum atomic E-state index is -0.129. The molecule has 1 saturated carbocycles. The van der Waals surface area contributed by atoms with Crippen molar-refractivity contribution in [3.05, 3.63) is 46.7 Å². The summed E-state index contributed by atoms with van der Waals surface area (Å²) < 4.78 is 1.59. The Kier molecular flexibility index (Phi) is 6.92. The van der Waals surface area contributed by atoms with Crippen molar-refractivity contribution < 1.29 is 14.4 Å². The molecule has 0 spiro atoms. The molecule has 3 rings (SSSR count). The topological polar surface area (TPSA) is 81.1 Å². The quantitative estimate of drug-likeness (QED) is 0.909. The molecule has 132 valence electrons. The van der Waals surface area contributed by atoms with Gasteiger partial charge in [0.25, 0.3) is 5.91 Å². The van der Waals surface area contributed by atoms with Crippen LogP contribution in [-0.2, 0) is 9.59 Å². The van der Waals surface area contributed by atoms with Crippen molar-refractivity contribution in [3.8, 4) is 5.69 Å². The second-order valence-electron chi connectivity index (χ2n) is 5.99.